The summed E-state index contributed by atoms with van der Waals surface area (Å²) in [4.78, 5) is 0. The molecule has 0 saturated carbocycles. The first kappa shape index (κ1) is 15.1. The van der Waals surface area contributed by atoms with E-state index in [1.54, 1.807) is 6.07 Å². The van der Waals surface area contributed by atoms with Crippen molar-refractivity contribution in [2.24, 2.45) is 0 Å². The van der Waals surface area contributed by atoms with Crippen molar-refractivity contribution >= 4 is 0 Å². The highest BCUT2D eigenvalue weighted by Gasteiger charge is 1.99. The highest BCUT2D eigenvalue weighted by molar-refractivity contribution is 5.33. The molecule has 0 radical (unpaired) electrons. The number of hydrogen-bond donors (Lipinski definition) is 1. The van der Waals surface area contributed by atoms with Gasteiger partial charge in [-0.2, -0.15) is 5.26 Å². The van der Waals surface area contributed by atoms with Crippen molar-refractivity contribution in [2.75, 3.05) is 6.54 Å². The van der Waals surface area contributed by atoms with Gasteiger partial charge in [0.1, 0.15) is 12.4 Å². The summed E-state index contributed by atoms with van der Waals surface area (Å²) in [5, 5.41) is 12.2. The molecule has 0 heterocycles. The normalized spacial score (nSPS) is 10.1. The van der Waals surface area contributed by atoms with Crippen molar-refractivity contribution in [1.29, 1.82) is 5.26 Å². The van der Waals surface area contributed by atoms with Crippen LogP contribution >= 0.6 is 0 Å². The van der Waals surface area contributed by atoms with E-state index in [0.717, 1.165) is 30.8 Å². The SMILES string of the molecule is CCCNCc1ccc(OCc2cccc(C#N)c2)cc1. The Hall–Kier alpha value is -2.31. The molecule has 0 amide bonds. The standard InChI is InChI=1S/C18H20N2O/c1-2-10-20-13-15-6-8-18(9-7-15)21-14-17-5-3-4-16(11-17)12-19/h3-9,11,20H,2,10,13-14H2,1H3. The van der Waals surface area contributed by atoms with Crippen LogP contribution in [-0.2, 0) is 13.2 Å². The van der Waals surface area contributed by atoms with E-state index in [1.807, 2.05) is 30.3 Å². The predicted molar refractivity (Wildman–Crippen MR) is 83.9 cm³/mol. The molecule has 0 unspecified atom stereocenters. The second kappa shape index (κ2) is 8.08. The lowest BCUT2D eigenvalue weighted by molar-refractivity contribution is 0.306. The van der Waals surface area contributed by atoms with Crippen LogP contribution < -0.4 is 10.1 Å². The third-order valence-corrected chi connectivity index (χ3v) is 3.14. The summed E-state index contributed by atoms with van der Waals surface area (Å²) < 4.78 is 5.74. The Bertz CT molecular complexity index is 599. The van der Waals surface area contributed by atoms with Crippen molar-refractivity contribution in [3.63, 3.8) is 0 Å². The fourth-order valence-electron chi connectivity index (χ4n) is 2.01. The Labute approximate surface area is 126 Å². The third-order valence-electron chi connectivity index (χ3n) is 3.14. The maximum atomic E-state index is 8.87. The molecule has 2 rings (SSSR count). The number of ether oxygens (including phenoxy) is 1. The number of nitrogens with zero attached hydrogens (tertiary/aromatic N) is 1. The van der Waals surface area contributed by atoms with Gasteiger partial charge in [0.25, 0.3) is 0 Å². The largest absolute Gasteiger partial charge is 0.489 e. The quantitative estimate of drug-likeness (QED) is 0.788. The zero-order chi connectivity index (χ0) is 14.9. The van der Waals surface area contributed by atoms with Crippen LogP contribution in [-0.4, -0.2) is 6.54 Å². The van der Waals surface area contributed by atoms with E-state index in [0.29, 0.717) is 12.2 Å². The maximum Gasteiger partial charge on any atom is 0.119 e. The first-order chi connectivity index (χ1) is 10.3. The lowest BCUT2D eigenvalue weighted by Gasteiger charge is -2.08. The molecule has 0 aromatic heterocycles. The van der Waals surface area contributed by atoms with Gasteiger partial charge in [0.2, 0.25) is 0 Å². The van der Waals surface area contributed by atoms with Crippen LogP contribution in [0.15, 0.2) is 48.5 Å². The average Bonchev–Trinajstić information content (AvgIpc) is 2.54. The van der Waals surface area contributed by atoms with Crippen LogP contribution in [0.4, 0.5) is 0 Å². The summed E-state index contributed by atoms with van der Waals surface area (Å²) in [6.45, 7) is 4.56. The van der Waals surface area contributed by atoms with Crippen molar-refractivity contribution in [3.8, 4) is 11.8 Å². The van der Waals surface area contributed by atoms with Crippen LogP contribution in [0.2, 0.25) is 0 Å². The molecule has 0 atom stereocenters. The van der Waals surface area contributed by atoms with Crippen molar-refractivity contribution < 1.29 is 4.74 Å². The molecule has 0 bridgehead atoms. The fourth-order valence-corrected chi connectivity index (χ4v) is 2.01. The van der Waals surface area contributed by atoms with Gasteiger partial charge in [-0.1, -0.05) is 31.2 Å². The molecule has 0 saturated heterocycles. The van der Waals surface area contributed by atoms with Crippen LogP contribution in [0.25, 0.3) is 0 Å². The van der Waals surface area contributed by atoms with Gasteiger partial charge in [-0.05, 0) is 48.4 Å². The summed E-state index contributed by atoms with van der Waals surface area (Å²) >= 11 is 0. The zero-order valence-electron chi connectivity index (χ0n) is 12.3. The van der Waals surface area contributed by atoms with Gasteiger partial charge in [-0.3, -0.25) is 0 Å². The van der Waals surface area contributed by atoms with Gasteiger partial charge in [-0.25, -0.2) is 0 Å². The Balaban J connectivity index is 1.87. The van der Waals surface area contributed by atoms with E-state index in [2.05, 4.69) is 30.4 Å². The van der Waals surface area contributed by atoms with E-state index in [-0.39, 0.29) is 0 Å². The van der Waals surface area contributed by atoms with Crippen molar-refractivity contribution in [1.82, 2.24) is 5.32 Å². The van der Waals surface area contributed by atoms with Crippen molar-refractivity contribution in [2.45, 2.75) is 26.5 Å². The van der Waals surface area contributed by atoms with Gasteiger partial charge in [0.05, 0.1) is 11.6 Å². The highest BCUT2D eigenvalue weighted by atomic mass is 16.5. The van der Waals surface area contributed by atoms with Gasteiger partial charge in [0, 0.05) is 6.54 Å². The van der Waals surface area contributed by atoms with E-state index in [4.69, 9.17) is 10.00 Å². The van der Waals surface area contributed by atoms with Gasteiger partial charge in [0.15, 0.2) is 0 Å². The average molecular weight is 280 g/mol. The molecule has 2 aromatic carbocycles. The number of nitriles is 1. The van der Waals surface area contributed by atoms with Gasteiger partial charge < -0.3 is 10.1 Å². The summed E-state index contributed by atoms with van der Waals surface area (Å²) in [7, 11) is 0. The Morgan fingerprint density at radius 3 is 2.62 bits per heavy atom. The molecule has 0 aliphatic heterocycles. The number of rotatable bonds is 7. The van der Waals surface area contributed by atoms with Crippen LogP contribution in [0.5, 0.6) is 5.75 Å². The third kappa shape index (κ3) is 4.94. The fraction of sp³-hybridized carbons (Fsp3) is 0.278. The Morgan fingerprint density at radius 1 is 1.10 bits per heavy atom. The molecule has 3 heteroatoms. The number of nitrogens with one attached hydrogen (secondary N) is 1. The molecule has 0 aliphatic rings. The Morgan fingerprint density at radius 2 is 1.90 bits per heavy atom. The lowest BCUT2D eigenvalue weighted by atomic mass is 10.1. The van der Waals surface area contributed by atoms with E-state index in [9.17, 15) is 0 Å². The smallest absolute Gasteiger partial charge is 0.119 e. The topological polar surface area (TPSA) is 45.0 Å². The number of hydrogen-bond acceptors (Lipinski definition) is 3. The summed E-state index contributed by atoms with van der Waals surface area (Å²) in [5.74, 6) is 0.844. The molecule has 3 nitrogen and oxygen atoms in total. The molecule has 0 fully saturated rings. The molecular weight excluding hydrogens is 260 g/mol. The minimum absolute atomic E-state index is 0.475. The number of benzene rings is 2. The summed E-state index contributed by atoms with van der Waals surface area (Å²) in [6.07, 6.45) is 1.14. The lowest BCUT2D eigenvalue weighted by Crippen LogP contribution is -2.13. The highest BCUT2D eigenvalue weighted by Crippen LogP contribution is 2.14. The maximum absolute atomic E-state index is 8.87. The minimum atomic E-state index is 0.475. The summed E-state index contributed by atoms with van der Waals surface area (Å²) in [5.41, 5.74) is 2.92. The minimum Gasteiger partial charge on any atom is -0.489 e. The molecule has 1 N–H and O–H groups in total. The first-order valence-electron chi connectivity index (χ1n) is 7.23. The second-order valence-electron chi connectivity index (χ2n) is 4.92. The van der Waals surface area contributed by atoms with E-state index >= 15 is 0 Å². The van der Waals surface area contributed by atoms with Crippen molar-refractivity contribution in [3.05, 3.63) is 65.2 Å². The van der Waals surface area contributed by atoms with Crippen LogP contribution in [0.3, 0.4) is 0 Å². The molecule has 2 aromatic rings. The van der Waals surface area contributed by atoms with Gasteiger partial charge in [-0.15, -0.1) is 0 Å². The van der Waals surface area contributed by atoms with Gasteiger partial charge >= 0.3 is 0 Å². The molecule has 21 heavy (non-hydrogen) atoms. The molecular formula is C18H20N2O. The monoisotopic (exact) mass is 280 g/mol. The van der Waals surface area contributed by atoms with E-state index in [1.165, 1.54) is 5.56 Å². The molecule has 0 aliphatic carbocycles. The molecule has 108 valence electrons. The van der Waals surface area contributed by atoms with Crippen LogP contribution in [0.1, 0.15) is 30.0 Å². The summed E-state index contributed by atoms with van der Waals surface area (Å²) in [6, 6.07) is 17.7. The van der Waals surface area contributed by atoms with Crippen LogP contribution in [0, 0.1) is 11.3 Å². The zero-order valence-corrected chi connectivity index (χ0v) is 12.3. The second-order valence-corrected chi connectivity index (χ2v) is 4.92. The Kier molecular flexibility index (Phi) is 5.81. The predicted octanol–water partition coefficient (Wildman–Crippen LogP) is 3.64. The van der Waals surface area contributed by atoms with E-state index < -0.39 is 0 Å². The molecule has 0 spiro atoms. The first-order valence-corrected chi connectivity index (χ1v) is 7.23.